The summed E-state index contributed by atoms with van der Waals surface area (Å²) in [6.07, 6.45) is 10.1. The van der Waals surface area contributed by atoms with Gasteiger partial charge in [-0.3, -0.25) is 23.3 Å². The Morgan fingerprint density at radius 1 is 0.667 bits per heavy atom. The van der Waals surface area contributed by atoms with Gasteiger partial charge in [0.2, 0.25) is 5.95 Å². The fourth-order valence-electron chi connectivity index (χ4n) is 9.08. The Bertz CT molecular complexity index is 3350. The lowest BCUT2D eigenvalue weighted by atomic mass is 10.1. The van der Waals surface area contributed by atoms with Crippen LogP contribution in [0.4, 0.5) is 5.95 Å². The number of aliphatic hydroxyl groups excluding tert-OH is 6. The number of aromatic nitrogens is 11. The second-order valence-corrected chi connectivity index (χ2v) is 34.9. The number of imidazole rings is 2. The van der Waals surface area contributed by atoms with E-state index in [0.29, 0.717) is 47.0 Å². The van der Waals surface area contributed by atoms with E-state index in [2.05, 4.69) is 93.8 Å². The van der Waals surface area contributed by atoms with Gasteiger partial charge in [-0.15, -0.1) is 39.6 Å². The molecule has 75 heavy (non-hydrogen) atoms. The van der Waals surface area contributed by atoms with Crippen molar-refractivity contribution in [3.63, 3.8) is 0 Å². The van der Waals surface area contributed by atoms with Gasteiger partial charge in [0.15, 0.2) is 41.0 Å². The van der Waals surface area contributed by atoms with Crippen molar-refractivity contribution in [1.29, 1.82) is 0 Å². The highest BCUT2D eigenvalue weighted by atomic mass is 32.1. The van der Waals surface area contributed by atoms with Crippen molar-refractivity contribution in [2.45, 2.75) is 121 Å². The second kappa shape index (κ2) is 23.1. The molecule has 6 aromatic rings. The van der Waals surface area contributed by atoms with E-state index in [0.717, 1.165) is 29.5 Å². The van der Waals surface area contributed by atoms with Crippen LogP contribution in [0.2, 0.25) is 0 Å². The molecule has 9 heterocycles. The van der Waals surface area contributed by atoms with E-state index in [4.69, 9.17) is 32.2 Å². The first-order chi connectivity index (χ1) is 34.3. The average Bonchev–Trinajstić information content (AvgIpc) is 4.14. The molecule has 3 fully saturated rings. The van der Waals surface area contributed by atoms with Crippen molar-refractivity contribution in [2.75, 3.05) is 64.2 Å². The summed E-state index contributed by atoms with van der Waals surface area (Å²) in [4.78, 5) is 51.1. The van der Waals surface area contributed by atoms with Gasteiger partial charge in [-0.05, 0) is 105 Å². The maximum atomic E-state index is 12.3. The topological polar surface area (TPSA) is 325 Å². The van der Waals surface area contributed by atoms with Crippen LogP contribution in [0, 0.1) is 25.4 Å². The SMILES string of the molecule is C.C=P(C)(C)CC[C@H]1O[C@@H](n2c(N)nc3c(=O)[nH]c(C)nc32)[C@H](O)[C@@H]1O.C=P(C)(C)CC[C@H]1O[C@@H](n2ccc3c(=S)nc(C)[nH]c32)[C@H](O)[C@@H]1O.C=P(C)(C)CC[C@H]1O[C@@H](n2cnc3c(=O)n(C)c(C)nc32)[C@H](O)[C@@H]1O. The number of aryl methyl sites for hydroxylation is 3. The van der Waals surface area contributed by atoms with E-state index in [9.17, 15) is 40.2 Å². The van der Waals surface area contributed by atoms with E-state index in [-0.39, 0.29) is 35.6 Å². The van der Waals surface area contributed by atoms with E-state index >= 15 is 0 Å². The number of nitrogens with zero attached hydrogens (tertiary/aromatic N) is 9. The summed E-state index contributed by atoms with van der Waals surface area (Å²) in [5.74, 6) is 1.63. The Morgan fingerprint density at radius 2 is 1.13 bits per heavy atom. The lowest BCUT2D eigenvalue weighted by molar-refractivity contribution is -0.0353. The van der Waals surface area contributed by atoms with Crippen molar-refractivity contribution in [3.8, 4) is 0 Å². The molecule has 10 N–H and O–H groups in total. The number of hydrogen-bond acceptors (Lipinski definition) is 18. The first-order valence-corrected chi connectivity index (χ1v) is 33.7. The van der Waals surface area contributed by atoms with E-state index in [1.54, 1.807) is 31.7 Å². The van der Waals surface area contributed by atoms with Gasteiger partial charge in [-0.1, -0.05) is 19.6 Å². The maximum absolute atomic E-state index is 12.3. The molecule has 23 nitrogen and oxygen atoms in total. The van der Waals surface area contributed by atoms with Crippen molar-refractivity contribution >= 4 is 91.1 Å². The van der Waals surface area contributed by atoms with Crippen LogP contribution in [0.25, 0.3) is 33.4 Å². The largest absolute Gasteiger partial charge is 0.388 e. The lowest BCUT2D eigenvalue weighted by Crippen LogP contribution is -2.32. The fourth-order valence-corrected chi connectivity index (χ4v) is 12.2. The molecule has 0 radical (unpaired) electrons. The summed E-state index contributed by atoms with van der Waals surface area (Å²) in [5, 5.41) is 63.2. The molecular weight excluding hydrogens is 1050 g/mol. The summed E-state index contributed by atoms with van der Waals surface area (Å²) >= 11 is 5.29. The Labute approximate surface area is 441 Å². The van der Waals surface area contributed by atoms with Crippen molar-refractivity contribution in [1.82, 2.24) is 53.2 Å². The van der Waals surface area contributed by atoms with Gasteiger partial charge >= 0.3 is 0 Å². The zero-order valence-corrected chi connectivity index (χ0v) is 47.1. The van der Waals surface area contributed by atoms with Crippen LogP contribution in [-0.2, 0) is 21.3 Å². The van der Waals surface area contributed by atoms with Gasteiger partial charge < -0.3 is 65.1 Å². The van der Waals surface area contributed by atoms with Gasteiger partial charge in [-0.25, -0.2) is 24.9 Å². The number of H-pyrrole nitrogens is 2. The third-order valence-corrected chi connectivity index (χ3v) is 18.0. The number of aliphatic hydroxyl groups is 6. The van der Waals surface area contributed by atoms with E-state index in [1.807, 2.05) is 13.0 Å². The van der Waals surface area contributed by atoms with Gasteiger partial charge in [0.1, 0.15) is 64.4 Å². The fraction of sp³-hybridized carbons (Fsp3) is 0.604. The van der Waals surface area contributed by atoms with E-state index in [1.165, 1.54) is 20.0 Å². The Balaban J connectivity index is 0.000000182. The Hall–Kier alpha value is -4.12. The Morgan fingerprint density at radius 3 is 1.64 bits per heavy atom. The number of nitrogen functional groups attached to an aromatic ring is 1. The number of anilines is 1. The normalized spacial score (nSPS) is 27.1. The van der Waals surface area contributed by atoms with Crippen molar-refractivity contribution < 1.29 is 44.8 Å². The van der Waals surface area contributed by atoms with Crippen molar-refractivity contribution in [2.24, 2.45) is 7.05 Å². The first kappa shape index (κ1) is 60.1. The summed E-state index contributed by atoms with van der Waals surface area (Å²) in [6, 6.07) is 1.85. The van der Waals surface area contributed by atoms with Crippen LogP contribution in [0.15, 0.2) is 28.2 Å². The molecular formula is C48H77N12O11P3S. The van der Waals surface area contributed by atoms with E-state index < -0.39 is 99.8 Å². The molecule has 3 aliphatic heterocycles. The van der Waals surface area contributed by atoms with Crippen LogP contribution in [0.3, 0.4) is 0 Å². The standard InChI is InChI=1S/C16H25N4O4P.C16H24N3O3PS.C15H24N5O4P.CH4/c1-9-18-14-11(15(23)19(9)2)17-8-20(14)16-13(22)12(21)10(24-16)6-7-25(3,4)5;1-9-17-14-10(15(24)18-9)5-7-19(14)16-13(21)12(20)11(22-16)6-8-23(2,3)4;1-7-17-12-9(13(23)18-7)19-15(16)20(12)14-11(22)10(21)8(24-14)5-6-25(2,3)4;/h8,10,12-13,16,21-22H,3,6-7H2,1-2,4-5H3;5,7,11-13,16,20-21H,2,6,8H2,1,3-4H3,(H,17,18,24);8,10-11,14,21-22H,2,5-6H2,1,3-4H3,(H2,16,19)(H,17,18,23);1H4/t10-,12-,13-,16-;11-,12-,13-,16-;8-,10-,11-,14-;/m111./s1. The van der Waals surface area contributed by atoms with Crippen LogP contribution in [0.1, 0.15) is 62.8 Å². The molecule has 3 aliphatic rings. The highest BCUT2D eigenvalue weighted by Gasteiger charge is 2.47. The summed E-state index contributed by atoms with van der Waals surface area (Å²) in [5.41, 5.74) is 6.86. The molecule has 3 saturated heterocycles. The first-order valence-electron chi connectivity index (χ1n) is 24.1. The van der Waals surface area contributed by atoms with Crippen LogP contribution in [0.5, 0.6) is 0 Å². The van der Waals surface area contributed by atoms with Gasteiger partial charge in [-0.2, -0.15) is 0 Å². The molecule has 0 spiro atoms. The monoisotopic (exact) mass is 1120 g/mol. The molecule has 0 saturated carbocycles. The number of nitrogens with two attached hydrogens (primary N) is 1. The zero-order valence-electron chi connectivity index (χ0n) is 43.6. The minimum atomic E-state index is -1.28. The molecule has 0 bridgehead atoms. The van der Waals surface area contributed by atoms with Gasteiger partial charge in [0.25, 0.3) is 11.1 Å². The molecule has 0 aromatic carbocycles. The quantitative estimate of drug-likeness (QED) is 0.0628. The summed E-state index contributed by atoms with van der Waals surface area (Å²) in [7, 11) is 1.63. The minimum absolute atomic E-state index is 0. The van der Waals surface area contributed by atoms with Gasteiger partial charge in [0.05, 0.1) is 30.0 Å². The smallest absolute Gasteiger partial charge is 0.281 e. The molecule has 0 unspecified atom stereocenters. The predicted octanol–water partition coefficient (Wildman–Crippen LogP) is 2.64. The third kappa shape index (κ3) is 13.3. The summed E-state index contributed by atoms with van der Waals surface area (Å²) in [6.45, 7) is 14.2. The van der Waals surface area contributed by atoms with Crippen LogP contribution >= 0.6 is 32.9 Å². The van der Waals surface area contributed by atoms with Crippen molar-refractivity contribution in [3.05, 3.63) is 61.4 Å². The minimum Gasteiger partial charge on any atom is -0.388 e. The predicted molar refractivity (Wildman–Crippen MR) is 305 cm³/mol. The number of ether oxygens (including phenoxy) is 3. The third-order valence-electron chi connectivity index (χ3n) is 13.3. The highest BCUT2D eigenvalue weighted by Crippen LogP contribution is 2.43. The maximum Gasteiger partial charge on any atom is 0.281 e. The molecule has 9 rings (SSSR count). The molecule has 0 amide bonds. The zero-order chi connectivity index (χ0) is 54.7. The number of rotatable bonds is 12. The molecule has 416 valence electrons. The van der Waals surface area contributed by atoms with Crippen LogP contribution in [-0.4, -0.2) is 216 Å². The average molecular weight is 1120 g/mol. The van der Waals surface area contributed by atoms with Crippen LogP contribution < -0.4 is 16.9 Å². The molecule has 27 heteroatoms. The Kier molecular flexibility index (Phi) is 18.5. The summed E-state index contributed by atoms with van der Waals surface area (Å²) < 4.78 is 24.4. The van der Waals surface area contributed by atoms with Gasteiger partial charge in [0, 0.05) is 13.2 Å². The number of hydrogen-bond donors (Lipinski definition) is 9. The highest BCUT2D eigenvalue weighted by molar-refractivity contribution is 7.73. The molecule has 0 aliphatic carbocycles. The second-order valence-electron chi connectivity index (χ2n) is 21.6. The molecule has 6 aromatic heterocycles. The number of fused-ring (bicyclic) bond motifs is 3. The lowest BCUT2D eigenvalue weighted by Gasteiger charge is -2.19. The molecule has 12 atom stereocenters. The number of nitrogens with one attached hydrogen (secondary N) is 2. The number of aromatic amines is 2.